The van der Waals surface area contributed by atoms with Crippen LogP contribution in [-0.2, 0) is 4.79 Å². The van der Waals surface area contributed by atoms with E-state index in [-0.39, 0.29) is 5.92 Å². The molecule has 1 aromatic rings. The highest BCUT2D eigenvalue weighted by atomic mass is 35.5. The Labute approximate surface area is 103 Å². The Hall–Kier alpha value is -0.770. The van der Waals surface area contributed by atoms with Crippen LogP contribution in [0.4, 0.5) is 0 Å². The number of aliphatic carboxylic acids is 1. The molecule has 1 aliphatic rings. The molecule has 0 bridgehead atoms. The van der Waals surface area contributed by atoms with E-state index < -0.39 is 11.9 Å². The molecule has 0 aromatic heterocycles. The number of hydrogen-bond donors (Lipinski definition) is 2. The first kappa shape index (κ1) is 11.7. The van der Waals surface area contributed by atoms with Crippen molar-refractivity contribution in [2.24, 2.45) is 5.92 Å². The van der Waals surface area contributed by atoms with Gasteiger partial charge in [0.25, 0.3) is 0 Å². The minimum absolute atomic E-state index is 0.0349. The van der Waals surface area contributed by atoms with E-state index >= 15 is 0 Å². The first-order chi connectivity index (χ1) is 7.59. The van der Waals surface area contributed by atoms with Gasteiger partial charge in [-0.05, 0) is 17.7 Å². The van der Waals surface area contributed by atoms with Crippen molar-refractivity contribution in [3.63, 3.8) is 0 Å². The maximum atomic E-state index is 11.0. The van der Waals surface area contributed by atoms with Gasteiger partial charge in [0.1, 0.15) is 0 Å². The average Bonchev–Trinajstić information content (AvgIpc) is 2.71. The molecule has 2 N–H and O–H groups in total. The minimum atomic E-state index is -0.777. The topological polar surface area (TPSA) is 49.3 Å². The number of hydrogen-bond acceptors (Lipinski definition) is 2. The molecule has 86 valence electrons. The van der Waals surface area contributed by atoms with Crippen molar-refractivity contribution in [1.82, 2.24) is 5.32 Å². The first-order valence-electron chi connectivity index (χ1n) is 4.98. The lowest BCUT2D eigenvalue weighted by Gasteiger charge is -2.15. The van der Waals surface area contributed by atoms with Crippen LogP contribution < -0.4 is 5.32 Å². The van der Waals surface area contributed by atoms with E-state index in [9.17, 15) is 4.79 Å². The standard InChI is InChI=1S/C11H11Cl2NO2/c12-9-2-1-6(3-10(9)13)7-4-14-5-8(7)11(15)16/h1-3,7-8,14H,4-5H2,(H,15,16). The predicted octanol–water partition coefficient (Wildman–Crippen LogP) is 2.38. The quantitative estimate of drug-likeness (QED) is 0.858. The summed E-state index contributed by atoms with van der Waals surface area (Å²) < 4.78 is 0. The van der Waals surface area contributed by atoms with E-state index in [0.29, 0.717) is 23.1 Å². The highest BCUT2D eigenvalue weighted by Gasteiger charge is 2.33. The zero-order valence-electron chi connectivity index (χ0n) is 8.41. The summed E-state index contributed by atoms with van der Waals surface area (Å²) >= 11 is 11.7. The van der Waals surface area contributed by atoms with Gasteiger partial charge in [-0.2, -0.15) is 0 Å². The molecule has 2 atom stereocenters. The Kier molecular flexibility index (Phi) is 3.38. The number of rotatable bonds is 2. The second-order valence-electron chi connectivity index (χ2n) is 3.88. The van der Waals surface area contributed by atoms with Gasteiger partial charge in [-0.25, -0.2) is 0 Å². The smallest absolute Gasteiger partial charge is 0.308 e. The Morgan fingerprint density at radius 3 is 2.69 bits per heavy atom. The molecule has 1 saturated heterocycles. The fraction of sp³-hybridized carbons (Fsp3) is 0.364. The van der Waals surface area contributed by atoms with Crippen molar-refractivity contribution in [3.8, 4) is 0 Å². The molecule has 1 aliphatic heterocycles. The van der Waals surface area contributed by atoms with Gasteiger partial charge in [-0.15, -0.1) is 0 Å². The van der Waals surface area contributed by atoms with E-state index in [2.05, 4.69) is 5.32 Å². The summed E-state index contributed by atoms with van der Waals surface area (Å²) in [7, 11) is 0. The fourth-order valence-corrected chi connectivity index (χ4v) is 2.34. The second-order valence-corrected chi connectivity index (χ2v) is 4.70. The van der Waals surface area contributed by atoms with Crippen LogP contribution in [0.3, 0.4) is 0 Å². The zero-order chi connectivity index (χ0) is 11.7. The van der Waals surface area contributed by atoms with Crippen molar-refractivity contribution in [3.05, 3.63) is 33.8 Å². The third kappa shape index (κ3) is 2.17. The maximum absolute atomic E-state index is 11.0. The number of carbonyl (C=O) groups is 1. The van der Waals surface area contributed by atoms with Crippen molar-refractivity contribution < 1.29 is 9.90 Å². The van der Waals surface area contributed by atoms with Gasteiger partial charge in [0.05, 0.1) is 16.0 Å². The van der Waals surface area contributed by atoms with Gasteiger partial charge in [0, 0.05) is 19.0 Å². The van der Waals surface area contributed by atoms with E-state index in [4.69, 9.17) is 28.3 Å². The zero-order valence-corrected chi connectivity index (χ0v) is 9.92. The molecule has 1 aromatic carbocycles. The average molecular weight is 260 g/mol. The Balaban J connectivity index is 2.29. The van der Waals surface area contributed by atoms with Crippen LogP contribution in [0.15, 0.2) is 18.2 Å². The Morgan fingerprint density at radius 2 is 2.06 bits per heavy atom. The molecule has 2 rings (SSSR count). The lowest BCUT2D eigenvalue weighted by atomic mass is 9.89. The third-order valence-corrected chi connectivity index (χ3v) is 3.64. The maximum Gasteiger partial charge on any atom is 0.308 e. The van der Waals surface area contributed by atoms with Gasteiger partial charge in [-0.1, -0.05) is 29.3 Å². The Morgan fingerprint density at radius 1 is 1.31 bits per heavy atom. The molecule has 1 fully saturated rings. The fourth-order valence-electron chi connectivity index (χ4n) is 2.03. The summed E-state index contributed by atoms with van der Waals surface area (Å²) in [5.74, 6) is -1.20. The molecule has 1 heterocycles. The largest absolute Gasteiger partial charge is 0.481 e. The summed E-state index contributed by atoms with van der Waals surface area (Å²) in [5, 5.41) is 13.1. The molecule has 0 spiro atoms. The molecule has 0 amide bonds. The molecule has 3 nitrogen and oxygen atoms in total. The second kappa shape index (κ2) is 4.62. The summed E-state index contributed by atoms with van der Waals surface area (Å²) in [5.41, 5.74) is 0.923. The predicted molar refractivity (Wildman–Crippen MR) is 63.2 cm³/mol. The highest BCUT2D eigenvalue weighted by Crippen LogP contribution is 2.32. The van der Waals surface area contributed by atoms with Crippen LogP contribution in [0.1, 0.15) is 11.5 Å². The van der Waals surface area contributed by atoms with Crippen LogP contribution in [0.25, 0.3) is 0 Å². The summed E-state index contributed by atoms with van der Waals surface area (Å²) in [6.45, 7) is 1.16. The van der Waals surface area contributed by atoms with Gasteiger partial charge >= 0.3 is 5.97 Å². The SMILES string of the molecule is O=C(O)C1CNCC1c1ccc(Cl)c(Cl)c1. The minimum Gasteiger partial charge on any atom is -0.481 e. The summed E-state index contributed by atoms with van der Waals surface area (Å²) in [6, 6.07) is 5.29. The third-order valence-electron chi connectivity index (χ3n) is 2.90. The number of carboxylic acid groups (broad SMARTS) is 1. The van der Waals surface area contributed by atoms with Crippen LogP contribution in [0, 0.1) is 5.92 Å². The summed E-state index contributed by atoms with van der Waals surface area (Å²) in [6.07, 6.45) is 0. The summed E-state index contributed by atoms with van der Waals surface area (Å²) in [4.78, 5) is 11.0. The molecule has 0 saturated carbocycles. The van der Waals surface area contributed by atoms with Crippen LogP contribution in [0.5, 0.6) is 0 Å². The molecule has 5 heteroatoms. The van der Waals surface area contributed by atoms with Crippen molar-refractivity contribution in [1.29, 1.82) is 0 Å². The van der Waals surface area contributed by atoms with Gasteiger partial charge in [0.15, 0.2) is 0 Å². The van der Waals surface area contributed by atoms with Crippen molar-refractivity contribution >= 4 is 29.2 Å². The van der Waals surface area contributed by atoms with E-state index in [0.717, 1.165) is 5.56 Å². The molecular weight excluding hydrogens is 249 g/mol. The molecule has 0 aliphatic carbocycles. The van der Waals surface area contributed by atoms with Gasteiger partial charge in [0.2, 0.25) is 0 Å². The van der Waals surface area contributed by atoms with E-state index in [1.54, 1.807) is 12.1 Å². The van der Waals surface area contributed by atoms with E-state index in [1.807, 2.05) is 6.07 Å². The van der Waals surface area contributed by atoms with Crippen LogP contribution >= 0.6 is 23.2 Å². The first-order valence-corrected chi connectivity index (χ1v) is 5.73. The van der Waals surface area contributed by atoms with Crippen LogP contribution in [-0.4, -0.2) is 24.2 Å². The Bertz CT molecular complexity index is 422. The molecule has 2 unspecified atom stereocenters. The van der Waals surface area contributed by atoms with Crippen molar-refractivity contribution in [2.45, 2.75) is 5.92 Å². The number of carboxylic acids is 1. The molecular formula is C11H11Cl2NO2. The monoisotopic (exact) mass is 259 g/mol. The van der Waals surface area contributed by atoms with E-state index in [1.165, 1.54) is 0 Å². The lowest BCUT2D eigenvalue weighted by Crippen LogP contribution is -2.20. The number of nitrogens with one attached hydrogen (secondary N) is 1. The van der Waals surface area contributed by atoms with Gasteiger partial charge in [-0.3, -0.25) is 4.79 Å². The van der Waals surface area contributed by atoms with Crippen LogP contribution in [0.2, 0.25) is 10.0 Å². The lowest BCUT2D eigenvalue weighted by molar-refractivity contribution is -0.141. The highest BCUT2D eigenvalue weighted by molar-refractivity contribution is 6.42. The molecule has 0 radical (unpaired) electrons. The van der Waals surface area contributed by atoms with Gasteiger partial charge < -0.3 is 10.4 Å². The number of benzene rings is 1. The van der Waals surface area contributed by atoms with Crippen molar-refractivity contribution in [2.75, 3.05) is 13.1 Å². The molecule has 16 heavy (non-hydrogen) atoms. The number of halogens is 2. The normalized spacial score (nSPS) is 24.6.